The number of aromatic nitrogens is 1. The molecule has 100 valence electrons. The summed E-state index contributed by atoms with van der Waals surface area (Å²) >= 11 is 1.82. The van der Waals surface area contributed by atoms with Crippen LogP contribution < -0.4 is 5.32 Å². The van der Waals surface area contributed by atoms with Gasteiger partial charge in [0.25, 0.3) is 0 Å². The van der Waals surface area contributed by atoms with Gasteiger partial charge in [0.05, 0.1) is 6.04 Å². The Kier molecular flexibility index (Phi) is 3.97. The zero-order valence-electron chi connectivity index (χ0n) is 11.1. The van der Waals surface area contributed by atoms with Crippen LogP contribution in [0.15, 0.2) is 11.6 Å². The van der Waals surface area contributed by atoms with Gasteiger partial charge in [-0.1, -0.05) is 6.42 Å². The molecule has 0 amide bonds. The summed E-state index contributed by atoms with van der Waals surface area (Å²) in [7, 11) is 2.27. The van der Waals surface area contributed by atoms with E-state index in [4.69, 9.17) is 0 Å². The molecule has 1 saturated carbocycles. The molecule has 0 bridgehead atoms. The lowest BCUT2D eigenvalue weighted by Gasteiger charge is -2.31. The van der Waals surface area contributed by atoms with Crippen LogP contribution in [0.3, 0.4) is 0 Å². The first-order valence-electron chi connectivity index (χ1n) is 7.17. The van der Waals surface area contributed by atoms with Gasteiger partial charge < -0.3 is 5.32 Å². The van der Waals surface area contributed by atoms with Crippen LogP contribution in [-0.2, 0) is 0 Å². The van der Waals surface area contributed by atoms with Crippen LogP contribution in [0, 0.1) is 5.92 Å². The molecule has 2 aliphatic rings. The smallest absolute Gasteiger partial charge is 0.110 e. The molecule has 1 N–H and O–H groups in total. The third kappa shape index (κ3) is 2.92. The second-order valence-electron chi connectivity index (χ2n) is 5.73. The molecule has 0 spiro atoms. The fraction of sp³-hybridized carbons (Fsp3) is 0.786. The van der Waals surface area contributed by atoms with Gasteiger partial charge in [-0.3, -0.25) is 4.90 Å². The van der Waals surface area contributed by atoms with Gasteiger partial charge in [0.1, 0.15) is 5.01 Å². The van der Waals surface area contributed by atoms with Gasteiger partial charge in [-0.15, -0.1) is 11.3 Å². The van der Waals surface area contributed by atoms with E-state index in [1.54, 1.807) is 0 Å². The fourth-order valence-electron chi connectivity index (χ4n) is 3.01. The lowest BCUT2D eigenvalue weighted by atomic mass is 9.95. The number of nitrogens with one attached hydrogen (secondary N) is 1. The lowest BCUT2D eigenvalue weighted by Crippen LogP contribution is -2.35. The zero-order chi connectivity index (χ0) is 12.4. The quantitative estimate of drug-likeness (QED) is 0.907. The first-order chi connectivity index (χ1) is 8.84. The second-order valence-corrected chi connectivity index (χ2v) is 6.66. The SMILES string of the molecule is CN1CCCCC(CNC2CC2)C1c1nccs1. The van der Waals surface area contributed by atoms with Crippen molar-refractivity contribution in [1.29, 1.82) is 0 Å². The summed E-state index contributed by atoms with van der Waals surface area (Å²) in [5.41, 5.74) is 0. The average molecular weight is 265 g/mol. The molecule has 4 heteroatoms. The van der Waals surface area contributed by atoms with Crippen molar-refractivity contribution in [2.45, 2.75) is 44.2 Å². The summed E-state index contributed by atoms with van der Waals surface area (Å²) in [5.74, 6) is 0.726. The van der Waals surface area contributed by atoms with E-state index in [1.807, 2.05) is 17.5 Å². The Balaban J connectivity index is 1.72. The molecule has 1 aromatic rings. The Morgan fingerprint density at radius 3 is 3.00 bits per heavy atom. The van der Waals surface area contributed by atoms with Crippen LogP contribution in [0.25, 0.3) is 0 Å². The Labute approximate surface area is 114 Å². The van der Waals surface area contributed by atoms with E-state index in [0.717, 1.165) is 12.0 Å². The maximum absolute atomic E-state index is 4.57. The second kappa shape index (κ2) is 5.68. The summed E-state index contributed by atoms with van der Waals surface area (Å²) < 4.78 is 0. The zero-order valence-corrected chi connectivity index (χ0v) is 12.0. The molecule has 2 heterocycles. The highest BCUT2D eigenvalue weighted by Gasteiger charge is 2.32. The van der Waals surface area contributed by atoms with Crippen LogP contribution in [0.4, 0.5) is 0 Å². The standard InChI is InChI=1S/C14H23N3S/c1-17-8-3-2-4-11(10-16-12-5-6-12)13(17)14-15-7-9-18-14/h7,9,11-13,16H,2-6,8,10H2,1H3. The van der Waals surface area contributed by atoms with Crippen LogP contribution in [0.2, 0.25) is 0 Å². The van der Waals surface area contributed by atoms with E-state index in [9.17, 15) is 0 Å². The van der Waals surface area contributed by atoms with Crippen LogP contribution in [0.5, 0.6) is 0 Å². The predicted molar refractivity (Wildman–Crippen MR) is 75.9 cm³/mol. The maximum Gasteiger partial charge on any atom is 0.110 e. The first kappa shape index (κ1) is 12.6. The molecule has 18 heavy (non-hydrogen) atoms. The summed E-state index contributed by atoms with van der Waals surface area (Å²) in [6.07, 6.45) is 8.74. The Bertz CT molecular complexity index is 361. The first-order valence-corrected chi connectivity index (χ1v) is 8.05. The number of thiazole rings is 1. The Hall–Kier alpha value is -0.450. The highest BCUT2D eigenvalue weighted by Crippen LogP contribution is 2.35. The molecule has 1 aliphatic heterocycles. The van der Waals surface area contributed by atoms with Crippen molar-refractivity contribution in [2.75, 3.05) is 20.1 Å². The van der Waals surface area contributed by atoms with Gasteiger partial charge in [-0.2, -0.15) is 0 Å². The van der Waals surface area contributed by atoms with Crippen molar-refractivity contribution >= 4 is 11.3 Å². The van der Waals surface area contributed by atoms with E-state index < -0.39 is 0 Å². The summed E-state index contributed by atoms with van der Waals surface area (Å²) in [5, 5.41) is 7.13. The van der Waals surface area contributed by atoms with Crippen LogP contribution >= 0.6 is 11.3 Å². The van der Waals surface area contributed by atoms with Gasteiger partial charge in [0, 0.05) is 24.2 Å². The Morgan fingerprint density at radius 1 is 1.39 bits per heavy atom. The van der Waals surface area contributed by atoms with Gasteiger partial charge in [0.15, 0.2) is 0 Å². The number of likely N-dealkylation sites (tertiary alicyclic amines) is 1. The van der Waals surface area contributed by atoms with Gasteiger partial charge in [-0.25, -0.2) is 4.98 Å². The highest BCUT2D eigenvalue weighted by molar-refractivity contribution is 7.09. The van der Waals surface area contributed by atoms with E-state index in [1.165, 1.54) is 50.2 Å². The predicted octanol–water partition coefficient (Wildman–Crippen LogP) is 2.67. The van der Waals surface area contributed by atoms with E-state index >= 15 is 0 Å². The molecule has 1 saturated heterocycles. The molecule has 2 unspecified atom stereocenters. The van der Waals surface area contributed by atoms with Crippen LogP contribution in [-0.4, -0.2) is 36.1 Å². The molecule has 0 radical (unpaired) electrons. The molecule has 0 aromatic carbocycles. The van der Waals surface area contributed by atoms with E-state index in [2.05, 4.69) is 27.6 Å². The molecule has 2 fully saturated rings. The van der Waals surface area contributed by atoms with E-state index in [0.29, 0.717) is 6.04 Å². The van der Waals surface area contributed by atoms with Crippen molar-refractivity contribution in [3.8, 4) is 0 Å². The number of rotatable bonds is 4. The van der Waals surface area contributed by atoms with Crippen LogP contribution in [0.1, 0.15) is 43.2 Å². The van der Waals surface area contributed by atoms with Crippen molar-refractivity contribution in [3.63, 3.8) is 0 Å². The molecule has 1 aliphatic carbocycles. The van der Waals surface area contributed by atoms with Crippen molar-refractivity contribution in [2.24, 2.45) is 5.92 Å². The number of hydrogen-bond acceptors (Lipinski definition) is 4. The van der Waals surface area contributed by atoms with Gasteiger partial charge in [-0.05, 0) is 45.2 Å². The lowest BCUT2D eigenvalue weighted by molar-refractivity contribution is 0.188. The molecule has 1 aromatic heterocycles. The minimum atomic E-state index is 0.527. The molecular weight excluding hydrogens is 242 g/mol. The average Bonchev–Trinajstić information content (AvgIpc) is 3.09. The topological polar surface area (TPSA) is 28.2 Å². The molecular formula is C14H23N3S. The minimum absolute atomic E-state index is 0.527. The summed E-state index contributed by atoms with van der Waals surface area (Å²) in [4.78, 5) is 7.09. The third-order valence-corrected chi connectivity index (χ3v) is 5.05. The molecule has 3 rings (SSSR count). The summed E-state index contributed by atoms with van der Waals surface area (Å²) in [6, 6.07) is 1.34. The fourth-order valence-corrected chi connectivity index (χ4v) is 3.91. The van der Waals surface area contributed by atoms with Gasteiger partial charge in [0.2, 0.25) is 0 Å². The van der Waals surface area contributed by atoms with Crippen molar-refractivity contribution < 1.29 is 0 Å². The maximum atomic E-state index is 4.57. The molecule has 3 nitrogen and oxygen atoms in total. The Morgan fingerprint density at radius 2 is 2.28 bits per heavy atom. The minimum Gasteiger partial charge on any atom is -0.314 e. The molecule has 2 atom stereocenters. The van der Waals surface area contributed by atoms with Crippen molar-refractivity contribution in [3.05, 3.63) is 16.6 Å². The summed E-state index contributed by atoms with van der Waals surface area (Å²) in [6.45, 7) is 2.38. The van der Waals surface area contributed by atoms with E-state index in [-0.39, 0.29) is 0 Å². The third-order valence-electron chi connectivity index (χ3n) is 4.21. The highest BCUT2D eigenvalue weighted by atomic mass is 32.1. The normalized spacial score (nSPS) is 30.3. The largest absolute Gasteiger partial charge is 0.314 e. The number of hydrogen-bond donors (Lipinski definition) is 1. The van der Waals surface area contributed by atoms with Gasteiger partial charge >= 0.3 is 0 Å². The van der Waals surface area contributed by atoms with Crippen molar-refractivity contribution in [1.82, 2.24) is 15.2 Å². The number of nitrogens with zero attached hydrogens (tertiary/aromatic N) is 2. The monoisotopic (exact) mass is 265 g/mol.